The molecular weight excluding hydrogens is 630 g/mol. The molecule has 0 saturated heterocycles. The summed E-state index contributed by atoms with van der Waals surface area (Å²) in [6.07, 6.45) is 6.04. The lowest BCUT2D eigenvalue weighted by Crippen LogP contribution is -2.30. The number of carbonyl (C=O) groups is 2. The Hall–Kier alpha value is -4.12. The van der Waals surface area contributed by atoms with Gasteiger partial charge in [-0.2, -0.15) is 0 Å². The number of carbonyl (C=O) groups excluding carboxylic acids is 2. The molecule has 0 aliphatic carbocycles. The van der Waals surface area contributed by atoms with Gasteiger partial charge in [-0.25, -0.2) is 0 Å². The first kappa shape index (κ1) is 32.3. The second-order valence-corrected chi connectivity index (χ2v) is 12.8. The lowest BCUT2D eigenvalue weighted by atomic mass is 9.95. The van der Waals surface area contributed by atoms with E-state index >= 15 is 0 Å². The number of rotatable bonds is 14. The van der Waals surface area contributed by atoms with Gasteiger partial charge in [0.05, 0.1) is 25.3 Å². The number of aliphatic hydroxyl groups excluding tert-OH is 1. The molecule has 4 aromatic rings. The number of amides is 1. The fourth-order valence-electron chi connectivity index (χ4n) is 4.79. The minimum atomic E-state index is -0.976. The zero-order valence-corrected chi connectivity index (χ0v) is 27.2. The predicted octanol–water partition coefficient (Wildman–Crippen LogP) is 8.24. The molecule has 1 unspecified atom stereocenters. The largest absolute Gasteiger partial charge is 0.503 e. The van der Waals surface area contributed by atoms with Gasteiger partial charge >= 0.3 is 0 Å². The van der Waals surface area contributed by atoms with Crippen molar-refractivity contribution in [2.45, 2.75) is 42.3 Å². The summed E-state index contributed by atoms with van der Waals surface area (Å²) < 4.78 is 12.2. The van der Waals surface area contributed by atoms with Crippen LogP contribution in [0.15, 0.2) is 94.5 Å². The predicted molar refractivity (Wildman–Crippen MR) is 179 cm³/mol. The van der Waals surface area contributed by atoms with E-state index in [2.05, 4.69) is 17.1 Å². The van der Waals surface area contributed by atoms with Crippen LogP contribution in [0.3, 0.4) is 0 Å². The van der Waals surface area contributed by atoms with Crippen molar-refractivity contribution < 1.29 is 24.2 Å². The molecule has 3 aromatic carbocycles. The van der Waals surface area contributed by atoms with Gasteiger partial charge in [-0.05, 0) is 53.5 Å². The van der Waals surface area contributed by atoms with Gasteiger partial charge < -0.3 is 14.6 Å². The number of ether oxygens (including phenoxy) is 2. The molecule has 45 heavy (non-hydrogen) atoms. The SMILES string of the molecule is CCCCCOc1ccc(C2C(C(=O)/C=C/c3ccccc3)=C(O)C(=O)N2c2nnc(SCc3ccc(Cl)cc3)s2)cc1OC. The van der Waals surface area contributed by atoms with Gasteiger partial charge in [0, 0.05) is 10.8 Å². The maximum Gasteiger partial charge on any atom is 0.296 e. The summed E-state index contributed by atoms with van der Waals surface area (Å²) in [6.45, 7) is 2.66. The first-order valence-electron chi connectivity index (χ1n) is 14.4. The Balaban J connectivity index is 1.47. The average molecular weight is 662 g/mol. The molecule has 1 aliphatic rings. The van der Waals surface area contributed by atoms with Crippen molar-refractivity contribution >= 4 is 57.6 Å². The number of methoxy groups -OCH3 is 1. The third-order valence-electron chi connectivity index (χ3n) is 7.09. The van der Waals surface area contributed by atoms with Crippen LogP contribution in [-0.2, 0) is 15.3 Å². The maximum absolute atomic E-state index is 13.7. The Morgan fingerprint density at radius 2 is 1.84 bits per heavy atom. The highest BCUT2D eigenvalue weighted by molar-refractivity contribution is 8.00. The number of halogens is 1. The van der Waals surface area contributed by atoms with Gasteiger partial charge in [0.25, 0.3) is 5.91 Å². The van der Waals surface area contributed by atoms with Gasteiger partial charge in [-0.1, -0.05) is 109 Å². The van der Waals surface area contributed by atoms with Crippen molar-refractivity contribution in [2.75, 3.05) is 18.6 Å². The van der Waals surface area contributed by atoms with E-state index in [0.717, 1.165) is 30.4 Å². The number of aliphatic hydroxyl groups is 1. The molecule has 0 fully saturated rings. The van der Waals surface area contributed by atoms with Crippen molar-refractivity contribution in [3.05, 3.63) is 112 Å². The summed E-state index contributed by atoms with van der Waals surface area (Å²) in [7, 11) is 1.53. The number of aromatic nitrogens is 2. The summed E-state index contributed by atoms with van der Waals surface area (Å²) in [5.74, 6) is -0.246. The van der Waals surface area contributed by atoms with Crippen molar-refractivity contribution in [1.82, 2.24) is 10.2 Å². The first-order valence-corrected chi connectivity index (χ1v) is 16.6. The molecule has 2 heterocycles. The van der Waals surface area contributed by atoms with E-state index in [4.69, 9.17) is 21.1 Å². The molecule has 0 saturated carbocycles. The molecule has 8 nitrogen and oxygen atoms in total. The zero-order chi connectivity index (χ0) is 31.8. The van der Waals surface area contributed by atoms with Crippen LogP contribution >= 0.6 is 34.7 Å². The third-order valence-corrected chi connectivity index (χ3v) is 9.47. The van der Waals surface area contributed by atoms with E-state index in [9.17, 15) is 14.7 Å². The van der Waals surface area contributed by atoms with Crippen molar-refractivity contribution in [3.63, 3.8) is 0 Å². The second kappa shape index (κ2) is 15.2. The van der Waals surface area contributed by atoms with E-state index < -0.39 is 23.5 Å². The van der Waals surface area contributed by atoms with Crippen LogP contribution in [-0.4, -0.2) is 40.7 Å². The second-order valence-electron chi connectivity index (χ2n) is 10.2. The van der Waals surface area contributed by atoms with E-state index in [1.165, 1.54) is 41.2 Å². The van der Waals surface area contributed by atoms with Crippen molar-refractivity contribution in [3.8, 4) is 11.5 Å². The number of allylic oxidation sites excluding steroid dienone is 1. The Morgan fingerprint density at radius 3 is 2.58 bits per heavy atom. The van der Waals surface area contributed by atoms with E-state index in [-0.39, 0.29) is 10.7 Å². The highest BCUT2D eigenvalue weighted by Crippen LogP contribution is 2.45. The normalized spacial score (nSPS) is 14.9. The number of unbranched alkanes of at least 4 members (excludes halogenated alkanes) is 2. The zero-order valence-electron chi connectivity index (χ0n) is 24.8. The Kier molecular flexibility index (Phi) is 10.9. The van der Waals surface area contributed by atoms with Gasteiger partial charge in [0.1, 0.15) is 0 Å². The third kappa shape index (κ3) is 7.76. The number of ketones is 1. The van der Waals surface area contributed by atoms with Gasteiger partial charge in [-0.3, -0.25) is 14.5 Å². The maximum atomic E-state index is 13.7. The number of nitrogens with zero attached hydrogens (tertiary/aromatic N) is 3. The van der Waals surface area contributed by atoms with Gasteiger partial charge in [0.2, 0.25) is 5.13 Å². The molecule has 1 N–H and O–H groups in total. The Bertz CT molecular complexity index is 1710. The topological polar surface area (TPSA) is 102 Å². The molecule has 1 amide bonds. The fourth-order valence-corrected chi connectivity index (χ4v) is 6.74. The molecule has 11 heteroatoms. The molecule has 0 spiro atoms. The van der Waals surface area contributed by atoms with Crippen molar-refractivity contribution in [1.29, 1.82) is 0 Å². The van der Waals surface area contributed by atoms with Crippen LogP contribution in [0, 0.1) is 0 Å². The molecule has 0 radical (unpaired) electrons. The molecule has 5 rings (SSSR count). The van der Waals surface area contributed by atoms with E-state index in [1.54, 1.807) is 24.3 Å². The average Bonchev–Trinajstić information content (AvgIpc) is 3.63. The minimum Gasteiger partial charge on any atom is -0.503 e. The Morgan fingerprint density at radius 1 is 1.07 bits per heavy atom. The number of thioether (sulfide) groups is 1. The molecule has 1 aromatic heterocycles. The molecule has 1 atom stereocenters. The first-order chi connectivity index (χ1) is 21.9. The summed E-state index contributed by atoms with van der Waals surface area (Å²) in [5.41, 5.74) is 2.35. The number of anilines is 1. The monoisotopic (exact) mass is 661 g/mol. The smallest absolute Gasteiger partial charge is 0.296 e. The quantitative estimate of drug-likeness (QED) is 0.0624. The molecular formula is C34H32ClN3O5S2. The molecule has 232 valence electrons. The molecule has 0 bridgehead atoms. The lowest BCUT2D eigenvalue weighted by molar-refractivity contribution is -0.117. The lowest BCUT2D eigenvalue weighted by Gasteiger charge is -2.24. The van der Waals surface area contributed by atoms with Gasteiger partial charge in [-0.15, -0.1) is 10.2 Å². The molecule has 1 aliphatic heterocycles. The van der Waals surface area contributed by atoms with Crippen LogP contribution < -0.4 is 14.4 Å². The van der Waals surface area contributed by atoms with Gasteiger partial charge in [0.15, 0.2) is 27.4 Å². The number of hydrogen-bond donors (Lipinski definition) is 1. The summed E-state index contributed by atoms with van der Waals surface area (Å²) in [5, 5.41) is 20.6. The van der Waals surface area contributed by atoms with E-state index in [0.29, 0.717) is 38.8 Å². The van der Waals surface area contributed by atoms with Crippen LogP contribution in [0.1, 0.15) is 48.9 Å². The minimum absolute atomic E-state index is 0.0589. The standard InChI is InChI=1S/C34H32ClN3O5S2/c1-3-4-8-19-43-27-18-14-24(20-28(27)42-2)30-29(26(39)17-13-22-9-6-5-7-10-22)31(40)32(41)38(30)33-36-37-34(45-33)44-21-23-11-15-25(35)16-12-23/h5-7,9-18,20,30,40H,3-4,8,19,21H2,1-2H3/b17-13+. The summed E-state index contributed by atoms with van der Waals surface area (Å²) in [6, 6.07) is 21.1. The highest BCUT2D eigenvalue weighted by atomic mass is 35.5. The Labute approximate surface area is 275 Å². The number of hydrogen-bond acceptors (Lipinski definition) is 9. The highest BCUT2D eigenvalue weighted by Gasteiger charge is 2.45. The fraction of sp³-hybridized carbons (Fsp3) is 0.235. The van der Waals surface area contributed by atoms with Crippen LogP contribution in [0.25, 0.3) is 6.08 Å². The number of benzene rings is 3. The van der Waals surface area contributed by atoms with E-state index in [1.807, 2.05) is 54.6 Å². The summed E-state index contributed by atoms with van der Waals surface area (Å²) in [4.78, 5) is 28.6. The van der Waals surface area contributed by atoms with Crippen LogP contribution in [0.4, 0.5) is 5.13 Å². The van der Waals surface area contributed by atoms with Crippen molar-refractivity contribution in [2.24, 2.45) is 0 Å². The van der Waals surface area contributed by atoms with Crippen LogP contribution in [0.5, 0.6) is 11.5 Å². The van der Waals surface area contributed by atoms with Crippen LogP contribution in [0.2, 0.25) is 5.02 Å². The summed E-state index contributed by atoms with van der Waals surface area (Å²) >= 11 is 8.68.